The molecule has 1 nitrogen and oxygen atoms in total. The summed E-state index contributed by atoms with van der Waals surface area (Å²) in [6, 6.07) is 16.1. The Kier molecular flexibility index (Phi) is 9.73. The molecule has 0 bridgehead atoms. The third-order valence-electron chi connectivity index (χ3n) is 4.58. The number of aliphatic imine (C=N–C) groups is 1. The Hall–Kier alpha value is -2.66. The van der Waals surface area contributed by atoms with Crippen LogP contribution in [0.15, 0.2) is 95.6 Å². The van der Waals surface area contributed by atoms with Crippen molar-refractivity contribution in [1.82, 2.24) is 0 Å². The maximum atomic E-state index is 13.6. The zero-order valence-electron chi connectivity index (χ0n) is 17.1. The van der Waals surface area contributed by atoms with Crippen LogP contribution in [-0.4, -0.2) is 18.1 Å². The van der Waals surface area contributed by atoms with E-state index in [1.54, 1.807) is 48.7 Å². The highest BCUT2D eigenvalue weighted by atomic mass is 35.5. The fraction of sp³-hybridized carbons (Fsp3) is 0.240. The van der Waals surface area contributed by atoms with Crippen molar-refractivity contribution in [1.29, 1.82) is 0 Å². The normalized spacial score (nSPS) is 14.4. The molecule has 0 aliphatic rings. The smallest absolute Gasteiger partial charge is 0.261 e. The van der Waals surface area contributed by atoms with Crippen LogP contribution >= 0.6 is 11.6 Å². The van der Waals surface area contributed by atoms with E-state index < -0.39 is 18.8 Å². The molecule has 0 radical (unpaired) electrons. The van der Waals surface area contributed by atoms with Crippen molar-refractivity contribution in [2.45, 2.75) is 38.0 Å². The summed E-state index contributed by atoms with van der Waals surface area (Å²) in [6.07, 6.45) is 4.43. The molecule has 2 aromatic carbocycles. The van der Waals surface area contributed by atoms with E-state index in [-0.39, 0.29) is 11.5 Å². The van der Waals surface area contributed by atoms with E-state index >= 15 is 0 Å². The van der Waals surface area contributed by atoms with Crippen molar-refractivity contribution in [3.63, 3.8) is 0 Å². The topological polar surface area (TPSA) is 12.4 Å². The summed E-state index contributed by atoms with van der Waals surface area (Å²) in [5.74, 6) is -4.36. The minimum absolute atomic E-state index is 0.149. The average molecular weight is 450 g/mol. The lowest BCUT2D eigenvalue weighted by Gasteiger charge is -2.20. The highest BCUT2D eigenvalue weighted by molar-refractivity contribution is 6.25. The Labute approximate surface area is 185 Å². The number of rotatable bonds is 10. The lowest BCUT2D eigenvalue weighted by molar-refractivity contribution is -0.127. The van der Waals surface area contributed by atoms with Gasteiger partial charge in [0.2, 0.25) is 0 Å². The zero-order valence-corrected chi connectivity index (χ0v) is 17.8. The van der Waals surface area contributed by atoms with Gasteiger partial charge >= 0.3 is 12.3 Å². The van der Waals surface area contributed by atoms with Crippen LogP contribution in [0.5, 0.6) is 0 Å². The Balaban J connectivity index is 2.50. The second-order valence-corrected chi connectivity index (χ2v) is 7.19. The maximum absolute atomic E-state index is 13.6. The van der Waals surface area contributed by atoms with E-state index in [0.29, 0.717) is 17.7 Å². The van der Waals surface area contributed by atoms with Crippen LogP contribution in [-0.2, 0) is 12.8 Å². The molecule has 1 unspecified atom stereocenters. The van der Waals surface area contributed by atoms with Gasteiger partial charge in [-0.05, 0) is 36.1 Å². The van der Waals surface area contributed by atoms with Gasteiger partial charge in [-0.15, -0.1) is 0 Å². The van der Waals surface area contributed by atoms with Crippen LogP contribution in [0.2, 0.25) is 0 Å². The zero-order chi connectivity index (χ0) is 22.7. The number of benzene rings is 2. The number of halogens is 5. The molecule has 164 valence electrons. The Morgan fingerprint density at radius 2 is 1.74 bits per heavy atom. The highest BCUT2D eigenvalue weighted by Crippen LogP contribution is 2.30. The molecule has 0 aliphatic heterocycles. The van der Waals surface area contributed by atoms with Gasteiger partial charge in [0.15, 0.2) is 0 Å². The third kappa shape index (κ3) is 7.83. The van der Waals surface area contributed by atoms with Crippen LogP contribution in [0.3, 0.4) is 0 Å². The van der Waals surface area contributed by atoms with Crippen molar-refractivity contribution >= 4 is 17.3 Å². The van der Waals surface area contributed by atoms with Crippen molar-refractivity contribution in [3.8, 4) is 0 Å². The summed E-state index contributed by atoms with van der Waals surface area (Å²) in [7, 11) is 0. The van der Waals surface area contributed by atoms with Crippen LogP contribution < -0.4 is 0 Å². The molecule has 0 fully saturated rings. The van der Waals surface area contributed by atoms with E-state index in [4.69, 9.17) is 11.6 Å². The van der Waals surface area contributed by atoms with Crippen LogP contribution in [0, 0.1) is 0 Å². The van der Waals surface area contributed by atoms with E-state index in [1.807, 2.05) is 37.3 Å². The standard InChI is InChI=1S/C25H24ClF4N/c1-2-15-31-23(13-6-7-14-26)22(17-19-9-4-3-5-10-19)21-12-8-11-20(16-21)18-25(29,30)24(27)28/h2-16,22,24H,17-18H2,1H3/b13-6-,14-7+,15-2-,31-23+. The number of allylic oxidation sites excluding steroid dienone is 4. The van der Waals surface area contributed by atoms with Gasteiger partial charge < -0.3 is 0 Å². The molecule has 2 rings (SSSR count). The Morgan fingerprint density at radius 1 is 1.03 bits per heavy atom. The number of hydrogen-bond acceptors (Lipinski definition) is 1. The van der Waals surface area contributed by atoms with Gasteiger partial charge in [0, 0.05) is 29.8 Å². The van der Waals surface area contributed by atoms with Crippen LogP contribution in [0.4, 0.5) is 17.6 Å². The second-order valence-electron chi connectivity index (χ2n) is 6.94. The van der Waals surface area contributed by atoms with Crippen LogP contribution in [0.1, 0.15) is 29.5 Å². The Morgan fingerprint density at radius 3 is 2.39 bits per heavy atom. The van der Waals surface area contributed by atoms with Gasteiger partial charge in [0.25, 0.3) is 0 Å². The molecule has 0 saturated heterocycles. The largest absolute Gasteiger partial charge is 0.311 e. The molecular formula is C25H24ClF4N. The lowest BCUT2D eigenvalue weighted by atomic mass is 9.86. The first-order valence-corrected chi connectivity index (χ1v) is 10.2. The van der Waals surface area contributed by atoms with E-state index in [0.717, 1.165) is 5.56 Å². The fourth-order valence-corrected chi connectivity index (χ4v) is 3.20. The van der Waals surface area contributed by atoms with Gasteiger partial charge in [-0.2, -0.15) is 8.78 Å². The minimum atomic E-state index is -4.08. The predicted molar refractivity (Wildman–Crippen MR) is 120 cm³/mol. The minimum Gasteiger partial charge on any atom is -0.261 e. The quantitative estimate of drug-likeness (QED) is 0.200. The fourth-order valence-electron chi connectivity index (χ4n) is 3.12. The monoisotopic (exact) mass is 449 g/mol. The summed E-state index contributed by atoms with van der Waals surface area (Å²) in [5.41, 5.74) is 3.95. The molecule has 6 heteroatoms. The molecule has 0 aromatic heterocycles. The first-order valence-electron chi connectivity index (χ1n) is 9.78. The van der Waals surface area contributed by atoms with Crippen molar-refractivity contribution < 1.29 is 17.6 Å². The third-order valence-corrected chi connectivity index (χ3v) is 4.72. The second kappa shape index (κ2) is 12.3. The SMILES string of the molecule is C\C=C/N=C(\C=C/C=C/Cl)C(Cc1ccccc1)c1cccc(CC(F)(F)C(F)F)c1. The summed E-state index contributed by atoms with van der Waals surface area (Å²) in [4.78, 5) is 4.52. The number of alkyl halides is 4. The summed E-state index contributed by atoms with van der Waals surface area (Å²) >= 11 is 5.61. The van der Waals surface area contributed by atoms with Gasteiger partial charge in [-0.1, -0.05) is 84.4 Å². The van der Waals surface area contributed by atoms with E-state index in [9.17, 15) is 17.6 Å². The summed E-state index contributed by atoms with van der Waals surface area (Å²) in [6.45, 7) is 1.84. The van der Waals surface area contributed by atoms with E-state index in [2.05, 4.69) is 4.99 Å². The molecule has 0 spiro atoms. The molecule has 0 saturated carbocycles. The first-order chi connectivity index (χ1) is 14.9. The van der Waals surface area contributed by atoms with Crippen molar-refractivity contribution in [2.75, 3.05) is 0 Å². The molecule has 0 N–H and O–H groups in total. The van der Waals surface area contributed by atoms with Crippen molar-refractivity contribution in [3.05, 3.63) is 107 Å². The molecule has 1 atom stereocenters. The maximum Gasteiger partial charge on any atom is 0.311 e. The predicted octanol–water partition coefficient (Wildman–Crippen LogP) is 7.74. The van der Waals surface area contributed by atoms with Gasteiger partial charge in [-0.25, -0.2) is 8.78 Å². The molecule has 0 heterocycles. The molecule has 0 amide bonds. The molecule has 2 aromatic rings. The first kappa shape index (κ1) is 24.6. The summed E-state index contributed by atoms with van der Waals surface area (Å²) < 4.78 is 52.6. The molecule has 31 heavy (non-hydrogen) atoms. The summed E-state index contributed by atoms with van der Waals surface area (Å²) in [5, 5.41) is 0. The number of nitrogens with zero attached hydrogens (tertiary/aromatic N) is 1. The van der Waals surface area contributed by atoms with Gasteiger partial charge in [0.1, 0.15) is 0 Å². The Bertz CT molecular complexity index is 934. The van der Waals surface area contributed by atoms with Gasteiger partial charge in [0.05, 0.1) is 0 Å². The van der Waals surface area contributed by atoms with E-state index in [1.165, 1.54) is 11.6 Å². The lowest BCUT2D eigenvalue weighted by Crippen LogP contribution is -2.29. The van der Waals surface area contributed by atoms with Gasteiger partial charge in [-0.3, -0.25) is 4.99 Å². The van der Waals surface area contributed by atoms with Crippen molar-refractivity contribution in [2.24, 2.45) is 4.99 Å². The highest BCUT2D eigenvalue weighted by Gasteiger charge is 2.40. The molecule has 0 aliphatic carbocycles. The molecular weight excluding hydrogens is 426 g/mol. The van der Waals surface area contributed by atoms with Crippen LogP contribution in [0.25, 0.3) is 0 Å². The number of hydrogen-bond donors (Lipinski definition) is 0. The average Bonchev–Trinajstić information content (AvgIpc) is 2.75.